The van der Waals surface area contributed by atoms with Crippen LogP contribution in [0.4, 0.5) is 0 Å². The SMILES string of the molecule is O=C1NC(=S)NC(=O)C1=Cc1ccc(-c2cc(Cl)c(O)c(Cl)c2)c(OCc2ccc(Cl)cc2)c1. The molecule has 1 saturated heterocycles. The predicted molar refractivity (Wildman–Crippen MR) is 136 cm³/mol. The second kappa shape index (κ2) is 10.0. The number of benzene rings is 3. The molecule has 0 atom stereocenters. The van der Waals surface area contributed by atoms with Crippen LogP contribution >= 0.6 is 47.0 Å². The summed E-state index contributed by atoms with van der Waals surface area (Å²) < 4.78 is 6.09. The third-order valence-corrected chi connectivity index (χ3v) is 5.93. The summed E-state index contributed by atoms with van der Waals surface area (Å²) in [5.74, 6) is -0.976. The molecule has 3 aromatic carbocycles. The van der Waals surface area contributed by atoms with Gasteiger partial charge in [-0.3, -0.25) is 20.2 Å². The van der Waals surface area contributed by atoms with Crippen molar-refractivity contribution in [3.05, 3.63) is 86.4 Å². The summed E-state index contributed by atoms with van der Waals surface area (Å²) in [6.07, 6.45) is 1.43. The Morgan fingerprint density at radius 3 is 2.15 bits per heavy atom. The van der Waals surface area contributed by atoms with Crippen LogP contribution < -0.4 is 15.4 Å². The van der Waals surface area contributed by atoms with E-state index in [9.17, 15) is 14.7 Å². The van der Waals surface area contributed by atoms with Gasteiger partial charge in [0, 0.05) is 10.6 Å². The minimum absolute atomic E-state index is 0.0458. The van der Waals surface area contributed by atoms with E-state index in [4.69, 9.17) is 51.8 Å². The maximum absolute atomic E-state index is 12.2. The fraction of sp³-hybridized carbons (Fsp3) is 0.0417. The Kier molecular flexibility index (Phi) is 7.09. The molecule has 0 aliphatic carbocycles. The topological polar surface area (TPSA) is 87.7 Å². The van der Waals surface area contributed by atoms with Gasteiger partial charge < -0.3 is 9.84 Å². The molecule has 1 aliphatic heterocycles. The van der Waals surface area contributed by atoms with Crippen LogP contribution in [0.15, 0.2) is 60.2 Å². The molecule has 2 amide bonds. The highest BCUT2D eigenvalue weighted by Gasteiger charge is 2.25. The summed E-state index contributed by atoms with van der Waals surface area (Å²) >= 11 is 23.0. The van der Waals surface area contributed by atoms with Crippen LogP contribution in [0.25, 0.3) is 17.2 Å². The molecular formula is C24H15Cl3N2O4S. The highest BCUT2D eigenvalue weighted by Crippen LogP contribution is 2.40. The van der Waals surface area contributed by atoms with Crippen LogP contribution in [0.2, 0.25) is 15.1 Å². The summed E-state index contributed by atoms with van der Waals surface area (Å²) in [5.41, 5.74) is 2.57. The van der Waals surface area contributed by atoms with Crippen LogP contribution in [0.3, 0.4) is 0 Å². The molecule has 1 aliphatic rings. The number of nitrogens with one attached hydrogen (secondary N) is 2. The summed E-state index contributed by atoms with van der Waals surface area (Å²) in [6, 6.07) is 15.4. The fourth-order valence-corrected chi connectivity index (χ4v) is 4.02. The van der Waals surface area contributed by atoms with E-state index in [1.807, 2.05) is 12.1 Å². The highest BCUT2D eigenvalue weighted by molar-refractivity contribution is 7.80. The largest absolute Gasteiger partial charge is 0.505 e. The monoisotopic (exact) mass is 532 g/mol. The predicted octanol–water partition coefficient (Wildman–Crippen LogP) is 5.51. The number of ether oxygens (including phenoxy) is 1. The highest BCUT2D eigenvalue weighted by atomic mass is 35.5. The zero-order valence-electron chi connectivity index (χ0n) is 17.2. The van der Waals surface area contributed by atoms with Crippen molar-refractivity contribution in [1.29, 1.82) is 0 Å². The van der Waals surface area contributed by atoms with E-state index in [-0.39, 0.29) is 33.1 Å². The number of carbonyl (C=O) groups is 2. The van der Waals surface area contributed by atoms with Crippen LogP contribution in [-0.2, 0) is 16.2 Å². The normalized spacial score (nSPS) is 13.4. The van der Waals surface area contributed by atoms with Crippen molar-refractivity contribution in [3.63, 3.8) is 0 Å². The van der Waals surface area contributed by atoms with E-state index in [2.05, 4.69) is 10.6 Å². The fourth-order valence-electron chi connectivity index (χ4n) is 3.22. The van der Waals surface area contributed by atoms with E-state index in [0.717, 1.165) is 5.56 Å². The van der Waals surface area contributed by atoms with Gasteiger partial charge in [0.15, 0.2) is 10.9 Å². The molecule has 3 aromatic rings. The van der Waals surface area contributed by atoms with Crippen molar-refractivity contribution in [1.82, 2.24) is 10.6 Å². The number of carbonyl (C=O) groups excluding carboxylic acids is 2. The Morgan fingerprint density at radius 2 is 1.53 bits per heavy atom. The van der Waals surface area contributed by atoms with Gasteiger partial charge >= 0.3 is 0 Å². The summed E-state index contributed by atoms with van der Waals surface area (Å²) in [4.78, 5) is 24.4. The first kappa shape index (κ1) is 24.0. The number of phenolic OH excluding ortho intramolecular Hbond substituents is 1. The van der Waals surface area contributed by atoms with Crippen molar-refractivity contribution < 1.29 is 19.4 Å². The van der Waals surface area contributed by atoms with Crippen LogP contribution in [0.1, 0.15) is 11.1 Å². The van der Waals surface area contributed by atoms with E-state index in [1.165, 1.54) is 6.08 Å². The number of rotatable bonds is 5. The number of thiocarbonyl (C=S) groups is 1. The Balaban J connectivity index is 1.74. The Bertz CT molecular complexity index is 1310. The molecule has 0 saturated carbocycles. The molecule has 0 unspecified atom stereocenters. The third-order valence-electron chi connectivity index (χ3n) is 4.90. The van der Waals surface area contributed by atoms with Gasteiger partial charge in [0.1, 0.15) is 17.9 Å². The zero-order chi connectivity index (χ0) is 24.4. The van der Waals surface area contributed by atoms with Gasteiger partial charge in [0.25, 0.3) is 11.8 Å². The molecule has 0 spiro atoms. The molecule has 10 heteroatoms. The lowest BCUT2D eigenvalue weighted by Gasteiger charge is -2.17. The van der Waals surface area contributed by atoms with E-state index in [1.54, 1.807) is 42.5 Å². The molecule has 1 heterocycles. The number of phenols is 1. The lowest BCUT2D eigenvalue weighted by Crippen LogP contribution is -2.51. The number of hydrogen-bond acceptors (Lipinski definition) is 5. The maximum Gasteiger partial charge on any atom is 0.263 e. The molecule has 34 heavy (non-hydrogen) atoms. The minimum atomic E-state index is -0.599. The Hall–Kier alpha value is -3.10. The lowest BCUT2D eigenvalue weighted by molar-refractivity contribution is -0.123. The van der Waals surface area contributed by atoms with Crippen LogP contribution in [0, 0.1) is 0 Å². The van der Waals surface area contributed by atoms with E-state index in [0.29, 0.717) is 27.5 Å². The molecule has 1 fully saturated rings. The zero-order valence-corrected chi connectivity index (χ0v) is 20.3. The molecule has 4 rings (SSSR count). The Labute approximate surface area is 215 Å². The number of aromatic hydroxyl groups is 1. The first-order valence-corrected chi connectivity index (χ1v) is 11.3. The van der Waals surface area contributed by atoms with Gasteiger partial charge in [-0.1, -0.05) is 59.1 Å². The molecule has 6 nitrogen and oxygen atoms in total. The first-order valence-electron chi connectivity index (χ1n) is 9.79. The van der Waals surface area contributed by atoms with Gasteiger partial charge in [-0.05, 0) is 65.3 Å². The lowest BCUT2D eigenvalue weighted by atomic mass is 10.0. The second-order valence-electron chi connectivity index (χ2n) is 7.25. The molecule has 0 radical (unpaired) electrons. The quantitative estimate of drug-likeness (QED) is 0.229. The van der Waals surface area contributed by atoms with E-state index >= 15 is 0 Å². The van der Waals surface area contributed by atoms with Crippen molar-refractivity contribution in [2.75, 3.05) is 0 Å². The molecule has 0 bridgehead atoms. The number of amides is 2. The Morgan fingerprint density at radius 1 is 0.912 bits per heavy atom. The third kappa shape index (κ3) is 5.34. The number of halogens is 3. The van der Waals surface area contributed by atoms with Crippen molar-refractivity contribution >= 4 is 70.0 Å². The summed E-state index contributed by atoms with van der Waals surface area (Å²) in [5, 5.41) is 15.4. The standard InChI is InChI=1S/C24H15Cl3N2O4S/c25-15-4-1-12(2-5-15)11-33-20-8-13(7-17-22(31)28-24(34)29-23(17)32)3-6-16(20)14-9-18(26)21(30)19(27)10-14/h1-10,30H,11H2,(H2,28,29,31,32,34). The van der Waals surface area contributed by atoms with Crippen molar-refractivity contribution in [2.45, 2.75) is 6.61 Å². The molecule has 3 N–H and O–H groups in total. The molecular weight excluding hydrogens is 519 g/mol. The molecule has 172 valence electrons. The van der Waals surface area contributed by atoms with Gasteiger partial charge in [-0.25, -0.2) is 0 Å². The van der Waals surface area contributed by atoms with Crippen molar-refractivity contribution in [3.8, 4) is 22.6 Å². The van der Waals surface area contributed by atoms with Gasteiger partial charge in [-0.2, -0.15) is 0 Å². The first-order chi connectivity index (χ1) is 16.2. The van der Waals surface area contributed by atoms with Crippen LogP contribution in [-0.4, -0.2) is 22.0 Å². The molecule has 0 aromatic heterocycles. The summed E-state index contributed by atoms with van der Waals surface area (Å²) in [7, 11) is 0. The maximum atomic E-state index is 12.2. The average Bonchev–Trinajstić information content (AvgIpc) is 2.79. The van der Waals surface area contributed by atoms with Gasteiger partial charge in [0.05, 0.1) is 10.0 Å². The minimum Gasteiger partial charge on any atom is -0.505 e. The average molecular weight is 534 g/mol. The van der Waals surface area contributed by atoms with Crippen molar-refractivity contribution in [2.24, 2.45) is 0 Å². The number of hydrogen-bond donors (Lipinski definition) is 3. The second-order valence-corrected chi connectivity index (χ2v) is 8.91. The summed E-state index contributed by atoms with van der Waals surface area (Å²) in [6.45, 7) is 0.221. The van der Waals surface area contributed by atoms with E-state index < -0.39 is 11.8 Å². The smallest absolute Gasteiger partial charge is 0.263 e. The van der Waals surface area contributed by atoms with Gasteiger partial charge in [-0.15, -0.1) is 0 Å². The van der Waals surface area contributed by atoms with Crippen LogP contribution in [0.5, 0.6) is 11.5 Å². The van der Waals surface area contributed by atoms with Gasteiger partial charge in [0.2, 0.25) is 0 Å².